The van der Waals surface area contributed by atoms with E-state index in [-0.39, 0.29) is 11.7 Å². The molecular weight excluding hydrogens is 220 g/mol. The number of rotatable bonds is 2. The second-order valence-corrected chi connectivity index (χ2v) is 3.97. The molecule has 0 radical (unpaired) electrons. The minimum Gasteiger partial charge on any atom is -0.338 e. The van der Waals surface area contributed by atoms with Crippen LogP contribution in [0.25, 0.3) is 0 Å². The Balaban J connectivity index is 2.08. The molecule has 17 heavy (non-hydrogen) atoms. The van der Waals surface area contributed by atoms with Crippen molar-refractivity contribution in [2.24, 2.45) is 5.18 Å². The molecule has 0 bridgehead atoms. The molecule has 0 aliphatic carbocycles. The van der Waals surface area contributed by atoms with Gasteiger partial charge in [-0.05, 0) is 29.4 Å². The van der Waals surface area contributed by atoms with Gasteiger partial charge in [-0.15, -0.1) is 4.91 Å². The SMILES string of the molecule is O=Nc1ccc(C(=O)N2CCC(=O)CC2)cc1. The molecule has 88 valence electrons. The fourth-order valence-electron chi connectivity index (χ4n) is 1.81. The average Bonchev–Trinajstić information content (AvgIpc) is 2.39. The van der Waals surface area contributed by atoms with E-state index in [1.54, 1.807) is 17.0 Å². The van der Waals surface area contributed by atoms with Gasteiger partial charge in [-0.2, -0.15) is 0 Å². The van der Waals surface area contributed by atoms with Crippen molar-refractivity contribution in [3.05, 3.63) is 34.7 Å². The van der Waals surface area contributed by atoms with E-state index in [4.69, 9.17) is 0 Å². The Labute approximate surface area is 98.4 Å². The van der Waals surface area contributed by atoms with Gasteiger partial charge in [0.15, 0.2) is 0 Å². The Morgan fingerprint density at radius 3 is 2.24 bits per heavy atom. The Morgan fingerprint density at radius 2 is 1.71 bits per heavy atom. The number of likely N-dealkylation sites (tertiary alicyclic amines) is 1. The minimum absolute atomic E-state index is 0.102. The fraction of sp³-hybridized carbons (Fsp3) is 0.333. The zero-order chi connectivity index (χ0) is 12.3. The van der Waals surface area contributed by atoms with Gasteiger partial charge in [0.2, 0.25) is 0 Å². The molecule has 1 fully saturated rings. The van der Waals surface area contributed by atoms with Crippen LogP contribution in [0.15, 0.2) is 29.4 Å². The molecule has 0 spiro atoms. The van der Waals surface area contributed by atoms with Gasteiger partial charge in [0, 0.05) is 31.5 Å². The van der Waals surface area contributed by atoms with Crippen LogP contribution in [0.2, 0.25) is 0 Å². The van der Waals surface area contributed by atoms with Gasteiger partial charge in [-0.3, -0.25) is 9.59 Å². The monoisotopic (exact) mass is 232 g/mol. The standard InChI is InChI=1S/C12H12N2O3/c15-11-5-7-14(8-6-11)12(16)9-1-3-10(13-17)4-2-9/h1-4H,5-8H2. The van der Waals surface area contributed by atoms with Gasteiger partial charge in [0.1, 0.15) is 11.5 Å². The van der Waals surface area contributed by atoms with Crippen LogP contribution in [0.5, 0.6) is 0 Å². The summed E-state index contributed by atoms with van der Waals surface area (Å²) in [6.07, 6.45) is 0.861. The first kappa shape index (κ1) is 11.4. The summed E-state index contributed by atoms with van der Waals surface area (Å²) < 4.78 is 0. The van der Waals surface area contributed by atoms with Crippen LogP contribution >= 0.6 is 0 Å². The summed E-state index contributed by atoms with van der Waals surface area (Å²) in [5, 5.41) is 2.77. The summed E-state index contributed by atoms with van der Waals surface area (Å²) in [6.45, 7) is 0.955. The molecule has 0 aromatic heterocycles. The summed E-state index contributed by atoms with van der Waals surface area (Å²) in [6, 6.07) is 6.18. The highest BCUT2D eigenvalue weighted by Crippen LogP contribution is 2.15. The topological polar surface area (TPSA) is 66.8 Å². The van der Waals surface area contributed by atoms with Crippen molar-refractivity contribution < 1.29 is 9.59 Å². The van der Waals surface area contributed by atoms with E-state index in [1.807, 2.05) is 0 Å². The summed E-state index contributed by atoms with van der Waals surface area (Å²) in [5.74, 6) is 0.101. The number of amides is 1. The summed E-state index contributed by atoms with van der Waals surface area (Å²) in [5.41, 5.74) is 0.821. The number of carbonyl (C=O) groups is 2. The van der Waals surface area contributed by atoms with Crippen LogP contribution in [0.4, 0.5) is 5.69 Å². The molecular formula is C12H12N2O3. The molecule has 0 atom stereocenters. The molecule has 1 heterocycles. The van der Waals surface area contributed by atoms with Gasteiger partial charge in [-0.25, -0.2) is 0 Å². The van der Waals surface area contributed by atoms with Crippen LogP contribution in [0.3, 0.4) is 0 Å². The summed E-state index contributed by atoms with van der Waals surface area (Å²) >= 11 is 0. The molecule has 1 amide bonds. The number of hydrogen-bond acceptors (Lipinski definition) is 4. The van der Waals surface area contributed by atoms with E-state index in [2.05, 4.69) is 5.18 Å². The quantitative estimate of drug-likeness (QED) is 0.731. The van der Waals surface area contributed by atoms with Crippen molar-refractivity contribution >= 4 is 17.4 Å². The third-order valence-electron chi connectivity index (χ3n) is 2.83. The maximum Gasteiger partial charge on any atom is 0.253 e. The van der Waals surface area contributed by atoms with Crippen LogP contribution < -0.4 is 0 Å². The predicted octanol–water partition coefficient (Wildman–Crippen LogP) is 1.89. The van der Waals surface area contributed by atoms with Gasteiger partial charge in [-0.1, -0.05) is 0 Å². The van der Waals surface area contributed by atoms with E-state index in [0.29, 0.717) is 37.2 Å². The molecule has 2 rings (SSSR count). The average molecular weight is 232 g/mol. The third-order valence-corrected chi connectivity index (χ3v) is 2.83. The van der Waals surface area contributed by atoms with Crippen LogP contribution in [-0.4, -0.2) is 29.7 Å². The van der Waals surface area contributed by atoms with Crippen molar-refractivity contribution in [1.29, 1.82) is 0 Å². The van der Waals surface area contributed by atoms with E-state index in [0.717, 1.165) is 0 Å². The fourth-order valence-corrected chi connectivity index (χ4v) is 1.81. The lowest BCUT2D eigenvalue weighted by molar-refractivity contribution is -0.120. The van der Waals surface area contributed by atoms with Gasteiger partial charge < -0.3 is 4.90 Å². The van der Waals surface area contributed by atoms with Crippen LogP contribution in [-0.2, 0) is 4.79 Å². The number of piperidine rings is 1. The number of benzene rings is 1. The van der Waals surface area contributed by atoms with Crippen molar-refractivity contribution in [2.45, 2.75) is 12.8 Å². The predicted molar refractivity (Wildman–Crippen MR) is 62.0 cm³/mol. The molecule has 5 nitrogen and oxygen atoms in total. The van der Waals surface area contributed by atoms with Gasteiger partial charge in [0.25, 0.3) is 5.91 Å². The van der Waals surface area contributed by atoms with E-state index < -0.39 is 0 Å². The highest BCUT2D eigenvalue weighted by molar-refractivity contribution is 5.95. The lowest BCUT2D eigenvalue weighted by Crippen LogP contribution is -2.38. The molecule has 0 unspecified atom stereocenters. The van der Waals surface area contributed by atoms with Gasteiger partial charge in [0.05, 0.1) is 0 Å². The van der Waals surface area contributed by atoms with E-state index >= 15 is 0 Å². The second kappa shape index (κ2) is 4.86. The first-order chi connectivity index (χ1) is 8.20. The molecule has 1 aliphatic heterocycles. The Hall–Kier alpha value is -2.04. The Kier molecular flexibility index (Phi) is 3.27. The first-order valence-corrected chi connectivity index (χ1v) is 5.45. The van der Waals surface area contributed by atoms with Crippen molar-refractivity contribution in [2.75, 3.05) is 13.1 Å². The van der Waals surface area contributed by atoms with E-state index in [1.165, 1.54) is 12.1 Å². The van der Waals surface area contributed by atoms with Crippen molar-refractivity contribution in [1.82, 2.24) is 4.90 Å². The van der Waals surface area contributed by atoms with Crippen LogP contribution in [0.1, 0.15) is 23.2 Å². The highest BCUT2D eigenvalue weighted by atomic mass is 16.3. The van der Waals surface area contributed by atoms with Crippen LogP contribution in [0, 0.1) is 4.91 Å². The maximum atomic E-state index is 12.0. The third kappa shape index (κ3) is 2.55. The molecule has 1 saturated heterocycles. The maximum absolute atomic E-state index is 12.0. The first-order valence-electron chi connectivity index (χ1n) is 5.45. The molecule has 1 aliphatic rings. The highest BCUT2D eigenvalue weighted by Gasteiger charge is 2.21. The largest absolute Gasteiger partial charge is 0.338 e. The summed E-state index contributed by atoms with van der Waals surface area (Å²) in [7, 11) is 0. The normalized spacial score (nSPS) is 15.8. The van der Waals surface area contributed by atoms with E-state index in [9.17, 15) is 14.5 Å². The number of Topliss-reactive ketones (excluding diaryl/α,β-unsaturated/α-hetero) is 1. The Bertz CT molecular complexity index is 443. The number of carbonyl (C=O) groups excluding carboxylic acids is 2. The van der Waals surface area contributed by atoms with Crippen molar-refractivity contribution in [3.63, 3.8) is 0 Å². The molecule has 0 saturated carbocycles. The Morgan fingerprint density at radius 1 is 1.12 bits per heavy atom. The van der Waals surface area contributed by atoms with Gasteiger partial charge >= 0.3 is 0 Å². The number of nitrogens with zero attached hydrogens (tertiary/aromatic N) is 2. The number of hydrogen-bond donors (Lipinski definition) is 0. The zero-order valence-corrected chi connectivity index (χ0v) is 9.26. The smallest absolute Gasteiger partial charge is 0.253 e. The number of ketones is 1. The molecule has 5 heteroatoms. The molecule has 0 N–H and O–H groups in total. The second-order valence-electron chi connectivity index (χ2n) is 3.97. The molecule has 1 aromatic carbocycles. The lowest BCUT2D eigenvalue weighted by Gasteiger charge is -2.26. The molecule has 1 aromatic rings. The zero-order valence-electron chi connectivity index (χ0n) is 9.26. The number of nitroso groups, excluding NO2 is 1. The minimum atomic E-state index is -0.102. The summed E-state index contributed by atoms with van der Waals surface area (Å²) in [4.78, 5) is 35.0. The lowest BCUT2D eigenvalue weighted by atomic mass is 10.1. The van der Waals surface area contributed by atoms with Crippen molar-refractivity contribution in [3.8, 4) is 0 Å².